The Balaban J connectivity index is 2.11. The first-order chi connectivity index (χ1) is 9.58. The summed E-state index contributed by atoms with van der Waals surface area (Å²) in [6, 6.07) is 9.24. The van der Waals surface area contributed by atoms with Crippen molar-refractivity contribution in [1.82, 2.24) is 10.2 Å². The molecule has 20 heavy (non-hydrogen) atoms. The van der Waals surface area contributed by atoms with E-state index in [2.05, 4.69) is 5.32 Å². The number of carbonyl (C=O) groups excluding carboxylic acids is 2. The van der Waals surface area contributed by atoms with E-state index in [-0.39, 0.29) is 18.5 Å². The van der Waals surface area contributed by atoms with Crippen molar-refractivity contribution in [1.29, 1.82) is 0 Å². The molecule has 0 saturated carbocycles. The molecule has 5 nitrogen and oxygen atoms in total. The van der Waals surface area contributed by atoms with Gasteiger partial charge in [-0.05, 0) is 18.9 Å². The van der Waals surface area contributed by atoms with E-state index < -0.39 is 5.41 Å². The van der Waals surface area contributed by atoms with Gasteiger partial charge in [0.1, 0.15) is 5.41 Å². The van der Waals surface area contributed by atoms with Crippen molar-refractivity contribution in [2.24, 2.45) is 0 Å². The van der Waals surface area contributed by atoms with E-state index in [0.717, 1.165) is 25.1 Å². The molecule has 1 aliphatic rings. The van der Waals surface area contributed by atoms with Gasteiger partial charge in [-0.15, -0.1) is 0 Å². The maximum atomic E-state index is 12.1. The molecule has 0 aliphatic carbocycles. The molecule has 2 rings (SSSR count). The fourth-order valence-electron chi connectivity index (χ4n) is 2.21. The second kappa shape index (κ2) is 5.94. The zero-order valence-corrected chi connectivity index (χ0v) is 11.9. The third-order valence-corrected chi connectivity index (χ3v) is 3.78. The minimum absolute atomic E-state index is 0.123. The third-order valence-electron chi connectivity index (χ3n) is 3.78. The lowest BCUT2D eigenvalue weighted by atomic mass is 9.82. The smallest absolute Gasteiger partial charge is 0.317 e. The van der Waals surface area contributed by atoms with Gasteiger partial charge in [0, 0.05) is 19.6 Å². The van der Waals surface area contributed by atoms with Gasteiger partial charge in [0.2, 0.25) is 0 Å². The van der Waals surface area contributed by atoms with Crippen molar-refractivity contribution in [2.45, 2.75) is 18.8 Å². The number of urea groups is 1. The van der Waals surface area contributed by atoms with Gasteiger partial charge < -0.3 is 15.0 Å². The van der Waals surface area contributed by atoms with E-state index in [4.69, 9.17) is 4.74 Å². The number of ether oxygens (including phenoxy) is 1. The Morgan fingerprint density at radius 1 is 1.30 bits per heavy atom. The summed E-state index contributed by atoms with van der Waals surface area (Å²) in [5.41, 5.74) is -0.0490. The minimum atomic E-state index is -0.878. The molecule has 5 heteroatoms. The van der Waals surface area contributed by atoms with Gasteiger partial charge in [0.25, 0.3) is 0 Å². The van der Waals surface area contributed by atoms with Crippen LogP contribution in [0, 0.1) is 0 Å². The first-order valence-electron chi connectivity index (χ1n) is 6.74. The number of hydrogen-bond acceptors (Lipinski definition) is 3. The number of nitrogens with zero attached hydrogens (tertiary/aromatic N) is 1. The van der Waals surface area contributed by atoms with Crippen molar-refractivity contribution < 1.29 is 14.3 Å². The fourth-order valence-corrected chi connectivity index (χ4v) is 2.21. The van der Waals surface area contributed by atoms with Crippen molar-refractivity contribution in [3.05, 3.63) is 35.9 Å². The van der Waals surface area contributed by atoms with Gasteiger partial charge in [0.05, 0.1) is 7.11 Å². The van der Waals surface area contributed by atoms with Crippen LogP contribution < -0.4 is 5.32 Å². The van der Waals surface area contributed by atoms with Crippen molar-refractivity contribution >= 4 is 12.0 Å². The Hall–Kier alpha value is -2.04. The topological polar surface area (TPSA) is 58.6 Å². The van der Waals surface area contributed by atoms with E-state index in [1.807, 2.05) is 30.3 Å². The molecule has 1 aliphatic heterocycles. The van der Waals surface area contributed by atoms with Crippen LogP contribution in [0.1, 0.15) is 18.9 Å². The number of benzene rings is 1. The molecule has 1 aromatic rings. The zero-order valence-electron chi connectivity index (χ0n) is 11.9. The fraction of sp³-hybridized carbons (Fsp3) is 0.467. The van der Waals surface area contributed by atoms with Crippen molar-refractivity contribution in [2.75, 3.05) is 26.7 Å². The molecule has 1 N–H and O–H groups in total. The highest BCUT2D eigenvalue weighted by atomic mass is 16.5. The van der Waals surface area contributed by atoms with Crippen LogP contribution in [0.5, 0.6) is 0 Å². The highest BCUT2D eigenvalue weighted by molar-refractivity contribution is 5.84. The Bertz CT molecular complexity index is 485. The van der Waals surface area contributed by atoms with Crippen LogP contribution in [0.25, 0.3) is 0 Å². The van der Waals surface area contributed by atoms with Crippen LogP contribution in [-0.4, -0.2) is 43.6 Å². The molecule has 0 unspecified atom stereocenters. The second-order valence-corrected chi connectivity index (χ2v) is 5.19. The summed E-state index contributed by atoms with van der Waals surface area (Å²) in [5.74, 6) is -0.354. The van der Waals surface area contributed by atoms with Crippen LogP contribution in [0.3, 0.4) is 0 Å². The Morgan fingerprint density at radius 2 is 1.95 bits per heavy atom. The number of nitrogens with one attached hydrogen (secondary N) is 1. The molecule has 1 heterocycles. The molecule has 108 valence electrons. The Kier molecular flexibility index (Phi) is 4.27. The first-order valence-corrected chi connectivity index (χ1v) is 6.74. The van der Waals surface area contributed by atoms with Gasteiger partial charge in [-0.25, -0.2) is 4.79 Å². The molecular formula is C15H20N2O3. The van der Waals surface area contributed by atoms with Gasteiger partial charge in [-0.1, -0.05) is 30.3 Å². The molecule has 0 bridgehead atoms. The summed E-state index contributed by atoms with van der Waals surface area (Å²) in [5, 5.41) is 2.83. The summed E-state index contributed by atoms with van der Waals surface area (Å²) in [4.78, 5) is 25.7. The molecule has 1 atom stereocenters. The lowest BCUT2D eigenvalue weighted by Gasteiger charge is -2.33. The van der Waals surface area contributed by atoms with Crippen LogP contribution in [0.4, 0.5) is 4.79 Å². The molecule has 0 radical (unpaired) electrons. The number of likely N-dealkylation sites (tertiary alicyclic amines) is 1. The summed E-state index contributed by atoms with van der Waals surface area (Å²) < 4.78 is 4.90. The first kappa shape index (κ1) is 14.4. The predicted octanol–water partition coefficient (Wildman–Crippen LogP) is 1.53. The molecular weight excluding hydrogens is 256 g/mol. The summed E-state index contributed by atoms with van der Waals surface area (Å²) >= 11 is 0. The largest absolute Gasteiger partial charge is 0.468 e. The van der Waals surface area contributed by atoms with Gasteiger partial charge in [0.15, 0.2) is 0 Å². The van der Waals surface area contributed by atoms with Gasteiger partial charge in [-0.3, -0.25) is 4.79 Å². The normalized spacial score (nSPS) is 16.8. The zero-order chi connectivity index (χ0) is 14.6. The Morgan fingerprint density at radius 3 is 2.45 bits per heavy atom. The van der Waals surface area contributed by atoms with E-state index in [0.29, 0.717) is 0 Å². The van der Waals surface area contributed by atoms with Crippen molar-refractivity contribution in [3.63, 3.8) is 0 Å². The Labute approximate surface area is 118 Å². The van der Waals surface area contributed by atoms with Crippen LogP contribution in [0.2, 0.25) is 0 Å². The summed E-state index contributed by atoms with van der Waals surface area (Å²) in [6.45, 7) is 3.57. The standard InChI is InChI=1S/C15H20N2O3/c1-15(13(18)20-2,12-7-4-3-5-8-12)11-16-14(19)17-9-6-10-17/h3-5,7-8H,6,9-11H2,1-2H3,(H,16,19)/t15-/m0/s1. The number of esters is 1. The average Bonchev–Trinajstić information content (AvgIpc) is 2.43. The SMILES string of the molecule is COC(=O)[C@@](C)(CNC(=O)N1CCC1)c1ccccc1. The highest BCUT2D eigenvalue weighted by Crippen LogP contribution is 2.24. The number of carbonyl (C=O) groups is 2. The second-order valence-electron chi connectivity index (χ2n) is 5.19. The van der Waals surface area contributed by atoms with Crippen LogP contribution in [-0.2, 0) is 14.9 Å². The van der Waals surface area contributed by atoms with Crippen molar-refractivity contribution in [3.8, 4) is 0 Å². The van der Waals surface area contributed by atoms with Crippen LogP contribution in [0.15, 0.2) is 30.3 Å². The summed E-state index contributed by atoms with van der Waals surface area (Å²) in [7, 11) is 1.36. The van der Waals surface area contributed by atoms with Crippen LogP contribution >= 0.6 is 0 Å². The lowest BCUT2D eigenvalue weighted by molar-refractivity contribution is -0.146. The molecule has 1 fully saturated rings. The molecule has 1 saturated heterocycles. The van der Waals surface area contributed by atoms with E-state index in [9.17, 15) is 9.59 Å². The maximum Gasteiger partial charge on any atom is 0.317 e. The summed E-state index contributed by atoms with van der Waals surface area (Å²) in [6.07, 6.45) is 1.04. The maximum absolute atomic E-state index is 12.1. The minimum Gasteiger partial charge on any atom is -0.468 e. The third kappa shape index (κ3) is 2.76. The van der Waals surface area contributed by atoms with E-state index >= 15 is 0 Å². The number of rotatable bonds is 4. The molecule has 0 aromatic heterocycles. The average molecular weight is 276 g/mol. The molecule has 1 aromatic carbocycles. The number of methoxy groups -OCH3 is 1. The number of amides is 2. The van der Waals surface area contributed by atoms with Gasteiger partial charge in [-0.2, -0.15) is 0 Å². The highest BCUT2D eigenvalue weighted by Gasteiger charge is 2.37. The predicted molar refractivity (Wildman–Crippen MR) is 75.4 cm³/mol. The lowest BCUT2D eigenvalue weighted by Crippen LogP contribution is -2.52. The van der Waals surface area contributed by atoms with Gasteiger partial charge >= 0.3 is 12.0 Å². The quantitative estimate of drug-likeness (QED) is 0.849. The monoisotopic (exact) mass is 276 g/mol. The molecule has 0 spiro atoms. The number of hydrogen-bond donors (Lipinski definition) is 1. The van der Waals surface area contributed by atoms with E-state index in [1.165, 1.54) is 7.11 Å². The molecule has 2 amide bonds. The van der Waals surface area contributed by atoms with E-state index in [1.54, 1.807) is 11.8 Å².